The quantitative estimate of drug-likeness (QED) is 0.719. The van der Waals surface area contributed by atoms with Crippen molar-refractivity contribution >= 4 is 34.4 Å². The Morgan fingerprint density at radius 3 is 2.92 bits per heavy atom. The fraction of sp³-hybridized carbons (Fsp3) is 0.167. The van der Waals surface area contributed by atoms with Gasteiger partial charge in [0.15, 0.2) is 16.3 Å². The van der Waals surface area contributed by atoms with Crippen molar-refractivity contribution in [2.24, 2.45) is 0 Å². The van der Waals surface area contributed by atoms with Gasteiger partial charge in [0, 0.05) is 0 Å². The van der Waals surface area contributed by atoms with Crippen LogP contribution in [0.5, 0.6) is 0 Å². The number of hydrogen-bond donors (Lipinski definition) is 1. The molecule has 2 rings (SSSR count). The smallest absolute Gasteiger partial charge is 0.180 e. The predicted molar refractivity (Wildman–Crippen MR) is 46.1 cm³/mol. The van der Waals surface area contributed by atoms with Gasteiger partial charge in [-0.1, -0.05) is 23.2 Å². The fourth-order valence-electron chi connectivity index (χ4n) is 0.854. The molecule has 0 spiro atoms. The van der Waals surface area contributed by atoms with Crippen LogP contribution in [-0.2, 0) is 0 Å². The van der Waals surface area contributed by atoms with Gasteiger partial charge in [0.2, 0.25) is 0 Å². The lowest BCUT2D eigenvalue weighted by Gasteiger charge is -1.96. The molecule has 0 aliphatic heterocycles. The first-order valence-corrected chi connectivity index (χ1v) is 4.09. The van der Waals surface area contributed by atoms with Gasteiger partial charge in [0.25, 0.3) is 0 Å². The van der Waals surface area contributed by atoms with E-state index in [0.29, 0.717) is 11.5 Å². The van der Waals surface area contributed by atoms with E-state index in [1.807, 2.05) is 0 Å². The van der Waals surface area contributed by atoms with Crippen LogP contribution in [-0.4, -0.2) is 19.9 Å². The van der Waals surface area contributed by atoms with Gasteiger partial charge in [0.1, 0.15) is 5.52 Å². The molecule has 0 aliphatic carbocycles. The molecular weight excluding hydrogens is 199 g/mol. The van der Waals surface area contributed by atoms with Crippen LogP contribution >= 0.6 is 23.2 Å². The molecule has 0 saturated carbocycles. The standard InChI is InChI=1S/C6H4Cl2N4/c7-4(8)6-9-1-3-5(12-6)11-2-10-3/h1-2,4H,(H,9,10,11,12). The summed E-state index contributed by atoms with van der Waals surface area (Å²) in [5, 5.41) is 0. The summed E-state index contributed by atoms with van der Waals surface area (Å²) in [5.41, 5.74) is 1.35. The van der Waals surface area contributed by atoms with Crippen LogP contribution in [0.2, 0.25) is 0 Å². The zero-order valence-electron chi connectivity index (χ0n) is 5.83. The molecule has 6 heteroatoms. The van der Waals surface area contributed by atoms with E-state index in [1.54, 1.807) is 12.5 Å². The summed E-state index contributed by atoms with van der Waals surface area (Å²) in [5.74, 6) is 0.373. The second kappa shape index (κ2) is 2.88. The normalized spacial score (nSPS) is 11.2. The summed E-state index contributed by atoms with van der Waals surface area (Å²) in [7, 11) is 0. The maximum absolute atomic E-state index is 5.57. The fourth-order valence-corrected chi connectivity index (χ4v) is 1.06. The minimum atomic E-state index is -0.703. The van der Waals surface area contributed by atoms with Gasteiger partial charge in [-0.05, 0) is 0 Å². The van der Waals surface area contributed by atoms with Crippen LogP contribution in [0.25, 0.3) is 11.2 Å². The van der Waals surface area contributed by atoms with Gasteiger partial charge >= 0.3 is 0 Å². The van der Waals surface area contributed by atoms with E-state index in [1.165, 1.54) is 0 Å². The van der Waals surface area contributed by atoms with Crippen molar-refractivity contribution in [1.82, 2.24) is 19.9 Å². The first-order valence-electron chi connectivity index (χ1n) is 3.21. The molecule has 62 valence electrons. The second-order valence-electron chi connectivity index (χ2n) is 2.17. The zero-order chi connectivity index (χ0) is 8.55. The van der Waals surface area contributed by atoms with Crippen molar-refractivity contribution in [3.63, 3.8) is 0 Å². The molecule has 1 N–H and O–H groups in total. The van der Waals surface area contributed by atoms with E-state index in [4.69, 9.17) is 23.2 Å². The Morgan fingerprint density at radius 2 is 2.17 bits per heavy atom. The van der Waals surface area contributed by atoms with Crippen molar-refractivity contribution in [3.8, 4) is 0 Å². The number of alkyl halides is 2. The maximum atomic E-state index is 5.57. The molecular formula is C6H4Cl2N4. The van der Waals surface area contributed by atoms with E-state index in [-0.39, 0.29) is 0 Å². The molecule has 0 unspecified atom stereocenters. The highest BCUT2D eigenvalue weighted by molar-refractivity contribution is 6.43. The molecule has 0 fully saturated rings. The molecule has 0 radical (unpaired) electrons. The third kappa shape index (κ3) is 1.23. The number of aromatic amines is 1. The number of rotatable bonds is 1. The third-order valence-electron chi connectivity index (χ3n) is 1.39. The summed E-state index contributed by atoms with van der Waals surface area (Å²) in [4.78, 5) is 14.0. The highest BCUT2D eigenvalue weighted by Crippen LogP contribution is 2.21. The lowest BCUT2D eigenvalue weighted by molar-refractivity contribution is 1.03. The molecule has 0 saturated heterocycles. The Morgan fingerprint density at radius 1 is 1.33 bits per heavy atom. The predicted octanol–water partition coefficient (Wildman–Crippen LogP) is 1.83. The van der Waals surface area contributed by atoms with Crippen LogP contribution in [0.3, 0.4) is 0 Å². The SMILES string of the molecule is ClC(Cl)c1ncc2[nH]cnc2n1. The van der Waals surface area contributed by atoms with Crippen LogP contribution in [0.4, 0.5) is 0 Å². The summed E-state index contributed by atoms with van der Waals surface area (Å²) in [6.07, 6.45) is 3.14. The summed E-state index contributed by atoms with van der Waals surface area (Å²) in [6.45, 7) is 0. The Hall–Kier alpha value is -0.870. The third-order valence-corrected chi connectivity index (χ3v) is 1.78. The second-order valence-corrected chi connectivity index (χ2v) is 3.26. The van der Waals surface area contributed by atoms with E-state index in [2.05, 4.69) is 19.9 Å². The van der Waals surface area contributed by atoms with Crippen molar-refractivity contribution in [3.05, 3.63) is 18.3 Å². The van der Waals surface area contributed by atoms with E-state index >= 15 is 0 Å². The maximum Gasteiger partial charge on any atom is 0.180 e. The largest absolute Gasteiger partial charge is 0.342 e. The molecule has 4 nitrogen and oxygen atoms in total. The number of nitrogens with zero attached hydrogens (tertiary/aromatic N) is 3. The molecule has 2 heterocycles. The Labute approximate surface area is 78.0 Å². The number of aromatic nitrogens is 4. The van der Waals surface area contributed by atoms with Crippen LogP contribution in [0, 0.1) is 0 Å². The topological polar surface area (TPSA) is 54.5 Å². The lowest BCUT2D eigenvalue weighted by Crippen LogP contribution is -1.92. The van der Waals surface area contributed by atoms with Crippen LogP contribution < -0.4 is 0 Å². The molecule has 0 bridgehead atoms. The minimum Gasteiger partial charge on any atom is -0.342 e. The summed E-state index contributed by atoms with van der Waals surface area (Å²) in [6, 6.07) is 0. The van der Waals surface area contributed by atoms with Gasteiger partial charge in [-0.2, -0.15) is 0 Å². The van der Waals surface area contributed by atoms with Gasteiger partial charge < -0.3 is 4.98 Å². The van der Waals surface area contributed by atoms with Crippen molar-refractivity contribution < 1.29 is 0 Å². The highest BCUT2D eigenvalue weighted by Gasteiger charge is 2.08. The zero-order valence-corrected chi connectivity index (χ0v) is 7.34. The molecule has 2 aromatic rings. The highest BCUT2D eigenvalue weighted by atomic mass is 35.5. The van der Waals surface area contributed by atoms with E-state index < -0.39 is 4.84 Å². The number of imidazole rings is 1. The van der Waals surface area contributed by atoms with Crippen LogP contribution in [0.15, 0.2) is 12.5 Å². The Kier molecular flexibility index (Phi) is 1.86. The lowest BCUT2D eigenvalue weighted by atomic mass is 10.5. The van der Waals surface area contributed by atoms with Gasteiger partial charge in [0.05, 0.1) is 12.5 Å². The average Bonchev–Trinajstić information content (AvgIpc) is 2.49. The van der Waals surface area contributed by atoms with Crippen molar-refractivity contribution in [2.45, 2.75) is 4.84 Å². The van der Waals surface area contributed by atoms with E-state index in [9.17, 15) is 0 Å². The molecule has 12 heavy (non-hydrogen) atoms. The van der Waals surface area contributed by atoms with E-state index in [0.717, 1.165) is 5.52 Å². The number of hydrogen-bond acceptors (Lipinski definition) is 3. The minimum absolute atomic E-state index is 0.373. The average molecular weight is 203 g/mol. The molecule has 0 aliphatic rings. The number of halogens is 2. The monoisotopic (exact) mass is 202 g/mol. The van der Waals surface area contributed by atoms with Crippen molar-refractivity contribution in [2.75, 3.05) is 0 Å². The van der Waals surface area contributed by atoms with Gasteiger partial charge in [-0.25, -0.2) is 15.0 Å². The summed E-state index contributed by atoms with van der Waals surface area (Å²) >= 11 is 11.1. The number of fused-ring (bicyclic) bond motifs is 1. The van der Waals surface area contributed by atoms with Gasteiger partial charge in [-0.15, -0.1) is 0 Å². The molecule has 2 aromatic heterocycles. The molecule has 0 atom stereocenters. The van der Waals surface area contributed by atoms with Crippen molar-refractivity contribution in [1.29, 1.82) is 0 Å². The molecule has 0 amide bonds. The molecule has 0 aromatic carbocycles. The first-order chi connectivity index (χ1) is 5.77. The van der Waals surface area contributed by atoms with Gasteiger partial charge in [-0.3, -0.25) is 0 Å². The Balaban J connectivity index is 2.60. The first kappa shape index (κ1) is 7.76. The number of H-pyrrole nitrogens is 1. The summed E-state index contributed by atoms with van der Waals surface area (Å²) < 4.78 is 0. The van der Waals surface area contributed by atoms with Crippen LogP contribution in [0.1, 0.15) is 10.7 Å². The number of nitrogens with one attached hydrogen (secondary N) is 1. The Bertz CT molecular complexity index is 397.